The molecule has 3 saturated carbocycles. The molecule has 0 aliphatic heterocycles. The molecule has 0 N–H and O–H groups in total. The molecule has 4 aliphatic carbocycles. The minimum Gasteiger partial charge on any atom is -0.462 e. The number of hydrogen-bond donors (Lipinski definition) is 0. The van der Waals surface area contributed by atoms with Crippen LogP contribution in [0.25, 0.3) is 0 Å². The summed E-state index contributed by atoms with van der Waals surface area (Å²) in [6.07, 6.45) is 20.5. The lowest BCUT2D eigenvalue weighted by molar-refractivity contribution is -0.491. The summed E-state index contributed by atoms with van der Waals surface area (Å²) in [5.74, 6) is 4.85. The largest absolute Gasteiger partial charge is 0.462 e. The smallest absolute Gasteiger partial charge is 0.306 e. The summed E-state index contributed by atoms with van der Waals surface area (Å²) in [7, 11) is 0.548. The van der Waals surface area contributed by atoms with Crippen molar-refractivity contribution in [1.29, 1.82) is 0 Å². The first kappa shape index (κ1) is 44.7. The second kappa shape index (κ2) is 21.5. The molecule has 5 unspecified atom stereocenters. The van der Waals surface area contributed by atoms with Gasteiger partial charge in [-0.05, 0) is 137 Å². The normalized spacial score (nSPS) is 31.1. The van der Waals surface area contributed by atoms with Gasteiger partial charge in [-0.3, -0.25) is 4.79 Å². The third kappa shape index (κ3) is 12.0. The Bertz CT molecular complexity index is 1160. The fourth-order valence-electron chi connectivity index (χ4n) is 10.9. The van der Waals surface area contributed by atoms with Gasteiger partial charge in [0.15, 0.2) is 0 Å². The molecule has 0 bridgehead atoms. The summed E-state index contributed by atoms with van der Waals surface area (Å²) in [6.45, 7) is 22.4. The molecule has 0 aromatic heterocycles. The molecule has 4 rings (SSSR count). The molecule has 0 heterocycles. The Hall–Kier alpha value is -1.06. The minimum atomic E-state index is -1.12. The Balaban J connectivity index is 1.08. The Labute approximate surface area is 324 Å². The van der Waals surface area contributed by atoms with E-state index in [1.54, 1.807) is 18.8 Å². The molecule has 0 spiro atoms. The standard InChI is InChI=1S/C43H76NO8P/c1-31(2)14-13-15-34(7)38-19-20-39-37-18-17-35-30-36(21-23-42(35,8)40(37)22-24-43(38,39)9)51-41(45)16-11-12-25-48-52-49-28-26-47-27-29-50-53(46-10)44(32(3)4)33(5)6/h12,17,25,31-34,36-40H,11,13-16,18-24,26-30H2,1-10H3/t34-,36-,37?,38?,39?,40?,42-,43+,53?/m0/s1. The van der Waals surface area contributed by atoms with Gasteiger partial charge in [0.05, 0.1) is 19.8 Å². The van der Waals surface area contributed by atoms with Crippen molar-refractivity contribution in [3.63, 3.8) is 0 Å². The van der Waals surface area contributed by atoms with Crippen LogP contribution < -0.4 is 0 Å². The second-order valence-electron chi connectivity index (χ2n) is 18.0. The van der Waals surface area contributed by atoms with Crippen molar-refractivity contribution < 1.29 is 38.1 Å². The van der Waals surface area contributed by atoms with Crippen molar-refractivity contribution in [3.8, 4) is 0 Å². The van der Waals surface area contributed by atoms with Gasteiger partial charge < -0.3 is 23.4 Å². The van der Waals surface area contributed by atoms with Crippen LogP contribution in [-0.4, -0.2) is 62.4 Å². The van der Waals surface area contributed by atoms with Crippen LogP contribution in [0, 0.1) is 46.3 Å². The van der Waals surface area contributed by atoms with E-state index in [4.69, 9.17) is 33.3 Å². The van der Waals surface area contributed by atoms with E-state index in [1.165, 1.54) is 57.6 Å². The van der Waals surface area contributed by atoms with Crippen LogP contribution in [0.3, 0.4) is 0 Å². The van der Waals surface area contributed by atoms with Crippen molar-refractivity contribution in [2.24, 2.45) is 46.3 Å². The fourth-order valence-corrected chi connectivity index (χ4v) is 12.4. The summed E-state index contributed by atoms with van der Waals surface area (Å²) in [5, 5.41) is 4.73. The van der Waals surface area contributed by atoms with Gasteiger partial charge in [-0.1, -0.05) is 65.5 Å². The summed E-state index contributed by atoms with van der Waals surface area (Å²) < 4.78 is 25.2. The lowest BCUT2D eigenvalue weighted by atomic mass is 9.47. The van der Waals surface area contributed by atoms with Crippen molar-refractivity contribution >= 4 is 14.5 Å². The zero-order valence-electron chi connectivity index (χ0n) is 35.1. The van der Waals surface area contributed by atoms with Crippen LogP contribution in [0.1, 0.15) is 146 Å². The molecule has 4 aliphatic rings. The number of rotatable bonds is 23. The van der Waals surface area contributed by atoms with Crippen molar-refractivity contribution in [2.75, 3.05) is 33.5 Å². The van der Waals surface area contributed by atoms with E-state index in [2.05, 4.69) is 73.1 Å². The molecule has 0 radical (unpaired) electrons. The summed E-state index contributed by atoms with van der Waals surface area (Å²) >= 11 is 0. The molecule has 9 atom stereocenters. The lowest BCUT2D eigenvalue weighted by Gasteiger charge is -2.58. The number of fused-ring (bicyclic) bond motifs is 5. The maximum absolute atomic E-state index is 12.7. The fraction of sp³-hybridized carbons (Fsp3) is 0.884. The zero-order valence-corrected chi connectivity index (χ0v) is 36.0. The van der Waals surface area contributed by atoms with Crippen LogP contribution in [-0.2, 0) is 38.1 Å². The van der Waals surface area contributed by atoms with Crippen LogP contribution in [0.15, 0.2) is 24.0 Å². The van der Waals surface area contributed by atoms with Gasteiger partial charge in [-0.15, -0.1) is 0 Å². The van der Waals surface area contributed by atoms with Gasteiger partial charge in [0.2, 0.25) is 0 Å². The van der Waals surface area contributed by atoms with Gasteiger partial charge in [0.25, 0.3) is 8.53 Å². The highest BCUT2D eigenvalue weighted by Gasteiger charge is 2.59. The minimum absolute atomic E-state index is 0.0160. The zero-order chi connectivity index (χ0) is 38.6. The summed E-state index contributed by atoms with van der Waals surface area (Å²) in [5.41, 5.74) is 2.33. The Morgan fingerprint density at radius 3 is 2.42 bits per heavy atom. The Kier molecular flexibility index (Phi) is 18.1. The van der Waals surface area contributed by atoms with E-state index in [0.717, 1.165) is 54.8 Å². The lowest BCUT2D eigenvalue weighted by Crippen LogP contribution is -2.51. The molecule has 3 fully saturated rings. The first-order chi connectivity index (χ1) is 25.3. The first-order valence-electron chi connectivity index (χ1n) is 21.1. The molecule has 0 saturated heterocycles. The van der Waals surface area contributed by atoms with E-state index in [0.29, 0.717) is 50.2 Å². The molecule has 306 valence electrons. The molecule has 0 aromatic carbocycles. The molecule has 53 heavy (non-hydrogen) atoms. The van der Waals surface area contributed by atoms with E-state index in [1.807, 2.05) is 0 Å². The third-order valence-electron chi connectivity index (χ3n) is 13.5. The van der Waals surface area contributed by atoms with Crippen LogP contribution in [0.5, 0.6) is 0 Å². The van der Waals surface area contributed by atoms with E-state index in [-0.39, 0.29) is 24.1 Å². The monoisotopic (exact) mass is 766 g/mol. The molecule has 10 heteroatoms. The average molecular weight is 766 g/mol. The quantitative estimate of drug-likeness (QED) is 0.0192. The number of esters is 1. The number of ether oxygens (including phenoxy) is 2. The predicted octanol–water partition coefficient (Wildman–Crippen LogP) is 11.1. The van der Waals surface area contributed by atoms with Gasteiger partial charge in [0.1, 0.15) is 19.0 Å². The molecule has 0 amide bonds. The second-order valence-corrected chi connectivity index (χ2v) is 19.5. The Morgan fingerprint density at radius 1 is 0.943 bits per heavy atom. The predicted molar refractivity (Wildman–Crippen MR) is 212 cm³/mol. The maximum Gasteiger partial charge on any atom is 0.306 e. The van der Waals surface area contributed by atoms with Gasteiger partial charge >= 0.3 is 5.97 Å². The van der Waals surface area contributed by atoms with E-state index < -0.39 is 8.53 Å². The third-order valence-corrected chi connectivity index (χ3v) is 15.5. The van der Waals surface area contributed by atoms with Crippen LogP contribution in [0.4, 0.5) is 0 Å². The number of hydrogen-bond acceptors (Lipinski definition) is 9. The number of nitrogens with zero attached hydrogens (tertiary/aromatic N) is 1. The van der Waals surface area contributed by atoms with E-state index in [9.17, 15) is 4.79 Å². The highest BCUT2D eigenvalue weighted by Crippen LogP contribution is 2.67. The molecule has 9 nitrogen and oxygen atoms in total. The highest BCUT2D eigenvalue weighted by atomic mass is 31.2. The number of carbonyl (C=O) groups is 1. The summed E-state index contributed by atoms with van der Waals surface area (Å²) in [4.78, 5) is 22.7. The number of carbonyl (C=O) groups excluding carboxylic acids is 1. The van der Waals surface area contributed by atoms with Crippen molar-refractivity contribution in [3.05, 3.63) is 24.0 Å². The van der Waals surface area contributed by atoms with Crippen LogP contribution in [0.2, 0.25) is 0 Å². The molecular formula is C43H76NO8P. The topological polar surface area (TPSA) is 84.9 Å². The van der Waals surface area contributed by atoms with Gasteiger partial charge in [-0.25, -0.2) is 4.67 Å². The van der Waals surface area contributed by atoms with Gasteiger partial charge in [-0.2, -0.15) is 4.89 Å². The van der Waals surface area contributed by atoms with Crippen molar-refractivity contribution in [1.82, 2.24) is 4.67 Å². The van der Waals surface area contributed by atoms with Crippen molar-refractivity contribution in [2.45, 2.75) is 164 Å². The Morgan fingerprint density at radius 2 is 1.70 bits per heavy atom. The first-order valence-corrected chi connectivity index (χ1v) is 22.3. The summed E-state index contributed by atoms with van der Waals surface area (Å²) in [6, 6.07) is 0.647. The SMILES string of the molecule is COP(OCCOCCOOOC=CCCC(=O)O[C@H]1CC[C@@]2(C)C(=CCC3C4CCC([C@@H](C)CCCC(C)C)[C@@]4(C)CCC32)C1)N(C(C)C)C(C)C. The van der Waals surface area contributed by atoms with Gasteiger partial charge in [0, 0.05) is 32.0 Å². The molecular weight excluding hydrogens is 689 g/mol. The average Bonchev–Trinajstić information content (AvgIpc) is 3.46. The number of allylic oxidation sites excluding steroid dienone is 2. The maximum atomic E-state index is 12.7. The molecule has 0 aromatic rings. The highest BCUT2D eigenvalue weighted by molar-refractivity contribution is 7.44. The van der Waals surface area contributed by atoms with E-state index >= 15 is 0 Å². The van der Waals surface area contributed by atoms with Crippen LogP contribution >= 0.6 is 8.53 Å².